The fraction of sp³-hybridized carbons (Fsp3) is 0.533. The second kappa shape index (κ2) is 5.78. The third-order valence-electron chi connectivity index (χ3n) is 3.47. The number of anilines is 1. The number of para-hydroxylation sites is 1. The van der Waals surface area contributed by atoms with Crippen molar-refractivity contribution >= 4 is 19.9 Å². The van der Waals surface area contributed by atoms with Gasteiger partial charge in [0, 0.05) is 11.7 Å². The molecule has 1 saturated heterocycles. The molecule has 1 fully saturated rings. The lowest BCUT2D eigenvalue weighted by atomic mass is 10.1. The number of carbonyl (C=O) groups excluding carboxylic acids is 1. The van der Waals surface area contributed by atoms with Gasteiger partial charge >= 0.3 is 5.97 Å². The first-order valence-corrected chi connectivity index (χ1v) is 10.4. The molecule has 1 unspecified atom stereocenters. The minimum Gasteiger partial charge on any atom is -0.466 e. The predicted octanol–water partition coefficient (Wildman–Crippen LogP) is 3.42. The molecule has 0 bridgehead atoms. The molecule has 1 heterocycles. The number of ether oxygens (including phenoxy) is 1. The van der Waals surface area contributed by atoms with Crippen molar-refractivity contribution in [2.24, 2.45) is 0 Å². The monoisotopic (exact) mass is 277 g/mol. The van der Waals surface area contributed by atoms with Crippen LogP contribution in [0.4, 0.5) is 5.69 Å². The number of esters is 1. The van der Waals surface area contributed by atoms with E-state index in [1.54, 1.807) is 0 Å². The first kappa shape index (κ1) is 14.1. The zero-order valence-electron chi connectivity index (χ0n) is 12.1. The van der Waals surface area contributed by atoms with Crippen LogP contribution >= 0.6 is 0 Å². The summed E-state index contributed by atoms with van der Waals surface area (Å²) in [5.74, 6) is -0.0540. The Labute approximate surface area is 116 Å². The van der Waals surface area contributed by atoms with Crippen molar-refractivity contribution in [1.82, 2.24) is 0 Å². The van der Waals surface area contributed by atoms with Crippen molar-refractivity contribution in [1.29, 1.82) is 0 Å². The number of nitrogens with zero attached hydrogens (tertiary/aromatic N) is 1. The molecule has 1 aromatic carbocycles. The molecule has 1 aliphatic heterocycles. The number of hydrogen-bond acceptors (Lipinski definition) is 3. The lowest BCUT2D eigenvalue weighted by molar-refractivity contribution is -0.142. The minimum atomic E-state index is -1.54. The van der Waals surface area contributed by atoms with Gasteiger partial charge in [0.1, 0.15) is 8.24 Å². The normalized spacial score (nSPS) is 20.6. The van der Waals surface area contributed by atoms with E-state index in [1.807, 2.05) is 6.07 Å². The molecule has 0 saturated carbocycles. The van der Waals surface area contributed by atoms with Gasteiger partial charge in [-0.1, -0.05) is 37.8 Å². The summed E-state index contributed by atoms with van der Waals surface area (Å²) in [5, 5.41) is 0. The predicted molar refractivity (Wildman–Crippen MR) is 80.9 cm³/mol. The molecular formula is C15H23NO2Si. The number of carbonyl (C=O) groups is 1. The van der Waals surface area contributed by atoms with Crippen molar-refractivity contribution in [2.45, 2.75) is 44.9 Å². The van der Waals surface area contributed by atoms with Crippen molar-refractivity contribution in [2.75, 3.05) is 11.2 Å². The van der Waals surface area contributed by atoms with Gasteiger partial charge in [-0.3, -0.25) is 4.79 Å². The second-order valence-corrected chi connectivity index (χ2v) is 10.9. The van der Waals surface area contributed by atoms with Crippen LogP contribution < -0.4 is 4.57 Å². The average Bonchev–Trinajstić information content (AvgIpc) is 2.54. The van der Waals surface area contributed by atoms with Crippen molar-refractivity contribution < 1.29 is 9.53 Å². The fourth-order valence-corrected chi connectivity index (χ4v) is 5.05. The van der Waals surface area contributed by atoms with E-state index in [4.69, 9.17) is 4.74 Å². The molecule has 19 heavy (non-hydrogen) atoms. The molecule has 2 rings (SSSR count). The van der Waals surface area contributed by atoms with Gasteiger partial charge in [-0.15, -0.1) is 0 Å². The maximum atomic E-state index is 11.7. The highest BCUT2D eigenvalue weighted by molar-refractivity contribution is 6.79. The zero-order valence-corrected chi connectivity index (χ0v) is 13.1. The number of hydrogen-bond donors (Lipinski definition) is 0. The average molecular weight is 277 g/mol. The molecule has 0 aromatic heterocycles. The van der Waals surface area contributed by atoms with Crippen LogP contribution in [0.5, 0.6) is 0 Å². The quantitative estimate of drug-likeness (QED) is 0.626. The summed E-state index contributed by atoms with van der Waals surface area (Å²) in [6.45, 7) is 7.56. The molecule has 0 radical (unpaired) electrons. The van der Waals surface area contributed by atoms with Crippen LogP contribution in [0.1, 0.15) is 19.3 Å². The molecule has 1 aromatic rings. The maximum Gasteiger partial charge on any atom is 0.307 e. The third-order valence-corrected chi connectivity index (χ3v) is 5.54. The van der Waals surface area contributed by atoms with E-state index in [0.717, 1.165) is 12.8 Å². The highest BCUT2D eigenvalue weighted by Gasteiger charge is 2.33. The summed E-state index contributed by atoms with van der Waals surface area (Å²) in [7, 11) is -1.54. The van der Waals surface area contributed by atoms with Crippen LogP contribution in [0, 0.1) is 0 Å². The number of benzene rings is 1. The Morgan fingerprint density at radius 3 is 2.53 bits per heavy atom. The maximum absolute atomic E-state index is 11.7. The number of cyclic esters (lactones) is 1. The first-order chi connectivity index (χ1) is 8.98. The molecule has 4 heteroatoms. The van der Waals surface area contributed by atoms with Gasteiger partial charge in [0.2, 0.25) is 0 Å². The first-order valence-electron chi connectivity index (χ1n) is 6.98. The molecule has 0 amide bonds. The lowest BCUT2D eigenvalue weighted by Gasteiger charge is -2.42. The number of rotatable bonds is 3. The van der Waals surface area contributed by atoms with E-state index in [0.29, 0.717) is 13.0 Å². The van der Waals surface area contributed by atoms with Crippen LogP contribution in [0.25, 0.3) is 0 Å². The van der Waals surface area contributed by atoms with Crippen molar-refractivity contribution in [3.8, 4) is 0 Å². The largest absolute Gasteiger partial charge is 0.466 e. The Hall–Kier alpha value is -1.29. The van der Waals surface area contributed by atoms with E-state index in [-0.39, 0.29) is 12.0 Å². The molecule has 1 aliphatic rings. The summed E-state index contributed by atoms with van der Waals surface area (Å²) in [4.78, 5) is 11.7. The fourth-order valence-electron chi connectivity index (χ4n) is 2.81. The Bertz CT molecular complexity index is 428. The highest BCUT2D eigenvalue weighted by Crippen LogP contribution is 2.28. The zero-order chi connectivity index (χ0) is 13.9. The Balaban J connectivity index is 2.30. The molecule has 1 atom stereocenters. The summed E-state index contributed by atoms with van der Waals surface area (Å²) >= 11 is 0. The topological polar surface area (TPSA) is 29.5 Å². The van der Waals surface area contributed by atoms with Gasteiger partial charge in [0.05, 0.1) is 13.0 Å². The second-order valence-electron chi connectivity index (χ2n) is 6.10. The van der Waals surface area contributed by atoms with Crippen molar-refractivity contribution in [3.05, 3.63) is 30.3 Å². The van der Waals surface area contributed by atoms with Crippen LogP contribution in [-0.4, -0.2) is 26.9 Å². The van der Waals surface area contributed by atoms with Crippen molar-refractivity contribution in [3.63, 3.8) is 0 Å². The van der Waals surface area contributed by atoms with Crippen LogP contribution in [0.2, 0.25) is 19.6 Å². The summed E-state index contributed by atoms with van der Waals surface area (Å²) < 4.78 is 7.68. The van der Waals surface area contributed by atoms with E-state index in [1.165, 1.54) is 5.69 Å². The van der Waals surface area contributed by atoms with Gasteiger partial charge < -0.3 is 9.30 Å². The molecule has 0 spiro atoms. The van der Waals surface area contributed by atoms with Gasteiger partial charge in [0.25, 0.3) is 0 Å². The summed E-state index contributed by atoms with van der Waals surface area (Å²) in [5.41, 5.74) is 1.24. The van der Waals surface area contributed by atoms with Gasteiger partial charge in [-0.05, 0) is 25.0 Å². The molecule has 104 valence electrons. The molecule has 0 aliphatic carbocycles. The minimum absolute atomic E-state index is 0.0540. The van der Waals surface area contributed by atoms with Crippen LogP contribution in [0.3, 0.4) is 0 Å². The van der Waals surface area contributed by atoms with E-state index in [2.05, 4.69) is 48.5 Å². The third kappa shape index (κ3) is 3.59. The SMILES string of the molecule is C[Si](C)(C)N(c1ccccc1)C1CCCOC(=O)C1. The Morgan fingerprint density at radius 1 is 1.21 bits per heavy atom. The van der Waals surface area contributed by atoms with E-state index >= 15 is 0 Å². The van der Waals surface area contributed by atoms with Crippen LogP contribution in [0.15, 0.2) is 30.3 Å². The smallest absolute Gasteiger partial charge is 0.307 e. The van der Waals surface area contributed by atoms with E-state index < -0.39 is 8.24 Å². The highest BCUT2D eigenvalue weighted by atomic mass is 28.3. The summed E-state index contributed by atoms with van der Waals surface area (Å²) in [6.07, 6.45) is 2.51. The Kier molecular flexibility index (Phi) is 4.30. The molecular weight excluding hydrogens is 254 g/mol. The van der Waals surface area contributed by atoms with E-state index in [9.17, 15) is 4.79 Å². The van der Waals surface area contributed by atoms with Gasteiger partial charge in [-0.2, -0.15) is 0 Å². The lowest BCUT2D eigenvalue weighted by Crippen LogP contribution is -2.52. The van der Waals surface area contributed by atoms with Crippen LogP contribution in [-0.2, 0) is 9.53 Å². The standard InChI is InChI=1S/C15H23NO2Si/c1-19(2,3)16(13-8-5-4-6-9-13)14-10-7-11-18-15(17)12-14/h4-6,8-9,14H,7,10-12H2,1-3H3. The molecule has 3 nitrogen and oxygen atoms in total. The Morgan fingerprint density at radius 2 is 1.89 bits per heavy atom. The van der Waals surface area contributed by atoms with Gasteiger partial charge in [0.15, 0.2) is 0 Å². The van der Waals surface area contributed by atoms with Gasteiger partial charge in [-0.25, -0.2) is 0 Å². The summed E-state index contributed by atoms with van der Waals surface area (Å²) in [6, 6.07) is 10.7. The molecule has 0 N–H and O–H groups in total.